The summed E-state index contributed by atoms with van der Waals surface area (Å²) in [7, 11) is 1.59. The first kappa shape index (κ1) is 21.4. The minimum Gasteiger partial charge on any atom is -0.495 e. The highest BCUT2D eigenvalue weighted by Crippen LogP contribution is 2.24. The van der Waals surface area contributed by atoms with Crippen molar-refractivity contribution in [1.29, 1.82) is 0 Å². The van der Waals surface area contributed by atoms with Crippen LogP contribution in [0.1, 0.15) is 11.4 Å². The number of hydrogen-bond donors (Lipinski definition) is 2. The molecule has 0 spiro atoms. The molecule has 0 bridgehead atoms. The van der Waals surface area contributed by atoms with Crippen molar-refractivity contribution in [3.63, 3.8) is 0 Å². The molecule has 2 heterocycles. The molecule has 8 nitrogen and oxygen atoms in total. The number of aromatic nitrogens is 2. The Hall–Kier alpha value is -3.81. The SMILES string of the molecule is COc1ccccc1NC(=O)N1CCN(c2cc(Nc3ccc(C)cc3)nc(C)n2)CC1. The van der Waals surface area contributed by atoms with Crippen LogP contribution in [0.5, 0.6) is 5.75 Å². The Morgan fingerprint density at radius 1 is 0.969 bits per heavy atom. The Morgan fingerprint density at radius 3 is 2.41 bits per heavy atom. The largest absolute Gasteiger partial charge is 0.495 e. The van der Waals surface area contributed by atoms with Crippen LogP contribution in [0.15, 0.2) is 54.6 Å². The van der Waals surface area contributed by atoms with Crippen molar-refractivity contribution in [2.45, 2.75) is 13.8 Å². The van der Waals surface area contributed by atoms with Gasteiger partial charge in [-0.25, -0.2) is 14.8 Å². The van der Waals surface area contributed by atoms with Gasteiger partial charge in [-0.15, -0.1) is 0 Å². The van der Waals surface area contributed by atoms with E-state index in [-0.39, 0.29) is 6.03 Å². The van der Waals surface area contributed by atoms with Gasteiger partial charge in [0.25, 0.3) is 0 Å². The number of benzene rings is 2. The number of piperazine rings is 1. The van der Waals surface area contributed by atoms with Gasteiger partial charge in [-0.1, -0.05) is 29.8 Å². The Labute approximate surface area is 188 Å². The van der Waals surface area contributed by atoms with Crippen LogP contribution in [0.4, 0.5) is 27.8 Å². The summed E-state index contributed by atoms with van der Waals surface area (Å²) < 4.78 is 5.32. The van der Waals surface area contributed by atoms with Crippen LogP contribution in [-0.2, 0) is 0 Å². The number of rotatable bonds is 5. The van der Waals surface area contributed by atoms with E-state index in [1.54, 1.807) is 7.11 Å². The molecule has 1 aromatic heterocycles. The first-order chi connectivity index (χ1) is 15.5. The zero-order valence-corrected chi connectivity index (χ0v) is 18.6. The number of hydrogen-bond acceptors (Lipinski definition) is 6. The van der Waals surface area contributed by atoms with Gasteiger partial charge in [-0.2, -0.15) is 0 Å². The second-order valence-electron chi connectivity index (χ2n) is 7.75. The van der Waals surface area contributed by atoms with Gasteiger partial charge in [0, 0.05) is 37.9 Å². The van der Waals surface area contributed by atoms with Crippen molar-refractivity contribution in [3.05, 3.63) is 66.0 Å². The topological polar surface area (TPSA) is 82.6 Å². The second kappa shape index (κ2) is 9.55. The van der Waals surface area contributed by atoms with Gasteiger partial charge in [0.2, 0.25) is 0 Å². The van der Waals surface area contributed by atoms with Crippen LogP contribution >= 0.6 is 0 Å². The number of carbonyl (C=O) groups is 1. The van der Waals surface area contributed by atoms with Gasteiger partial charge in [0.15, 0.2) is 0 Å². The fourth-order valence-electron chi connectivity index (χ4n) is 3.64. The third-order valence-corrected chi connectivity index (χ3v) is 5.39. The molecule has 0 atom stereocenters. The zero-order valence-electron chi connectivity index (χ0n) is 18.6. The number of nitrogens with zero attached hydrogens (tertiary/aromatic N) is 4. The number of nitrogens with one attached hydrogen (secondary N) is 2. The van der Waals surface area contributed by atoms with Gasteiger partial charge in [0.05, 0.1) is 12.8 Å². The molecular weight excluding hydrogens is 404 g/mol. The quantitative estimate of drug-likeness (QED) is 0.629. The van der Waals surface area contributed by atoms with E-state index in [1.165, 1.54) is 5.56 Å². The third-order valence-electron chi connectivity index (χ3n) is 5.39. The van der Waals surface area contributed by atoms with E-state index < -0.39 is 0 Å². The summed E-state index contributed by atoms with van der Waals surface area (Å²) >= 11 is 0. The van der Waals surface area contributed by atoms with Gasteiger partial charge < -0.3 is 25.2 Å². The van der Waals surface area contributed by atoms with Crippen molar-refractivity contribution in [2.24, 2.45) is 0 Å². The molecule has 0 saturated carbocycles. The molecule has 4 rings (SSSR count). The lowest BCUT2D eigenvalue weighted by Gasteiger charge is -2.35. The molecule has 0 unspecified atom stereocenters. The fourth-order valence-corrected chi connectivity index (χ4v) is 3.64. The standard InChI is InChI=1S/C24H28N6O2/c1-17-8-10-19(11-9-17)27-22-16-23(26-18(2)25-22)29-12-14-30(15-13-29)24(31)28-20-6-4-5-7-21(20)32-3/h4-11,16H,12-15H2,1-3H3,(H,28,31)(H,25,26,27). The number of amides is 2. The molecule has 32 heavy (non-hydrogen) atoms. The molecule has 0 aliphatic carbocycles. The third kappa shape index (κ3) is 5.08. The van der Waals surface area contributed by atoms with Crippen molar-refractivity contribution in [3.8, 4) is 5.75 Å². The number of methoxy groups -OCH3 is 1. The highest BCUT2D eigenvalue weighted by Gasteiger charge is 2.23. The minimum atomic E-state index is -0.130. The van der Waals surface area contributed by atoms with Crippen LogP contribution in [-0.4, -0.2) is 54.2 Å². The fraction of sp³-hybridized carbons (Fsp3) is 0.292. The summed E-state index contributed by atoms with van der Waals surface area (Å²) in [5, 5.41) is 6.30. The van der Waals surface area contributed by atoms with Gasteiger partial charge in [-0.3, -0.25) is 0 Å². The van der Waals surface area contributed by atoms with E-state index in [9.17, 15) is 4.79 Å². The number of carbonyl (C=O) groups excluding carboxylic acids is 1. The summed E-state index contributed by atoms with van der Waals surface area (Å²) in [6, 6.07) is 17.4. The maximum atomic E-state index is 12.7. The molecule has 2 N–H and O–H groups in total. The number of aryl methyl sites for hydroxylation is 2. The molecule has 2 amide bonds. The Bertz CT molecular complexity index is 1080. The van der Waals surface area contributed by atoms with Crippen LogP contribution in [0.2, 0.25) is 0 Å². The lowest BCUT2D eigenvalue weighted by molar-refractivity contribution is 0.208. The predicted molar refractivity (Wildman–Crippen MR) is 127 cm³/mol. The highest BCUT2D eigenvalue weighted by molar-refractivity contribution is 5.91. The molecular formula is C24H28N6O2. The number of anilines is 4. The monoisotopic (exact) mass is 432 g/mol. The summed E-state index contributed by atoms with van der Waals surface area (Å²) in [6.45, 7) is 6.54. The van der Waals surface area contributed by atoms with E-state index >= 15 is 0 Å². The first-order valence-electron chi connectivity index (χ1n) is 10.6. The minimum absolute atomic E-state index is 0.130. The smallest absolute Gasteiger partial charge is 0.322 e. The van der Waals surface area contributed by atoms with Crippen LogP contribution < -0.4 is 20.3 Å². The average molecular weight is 433 g/mol. The molecule has 2 aromatic carbocycles. The van der Waals surface area contributed by atoms with E-state index in [0.29, 0.717) is 43.4 Å². The van der Waals surface area contributed by atoms with E-state index in [2.05, 4.69) is 44.6 Å². The number of ether oxygens (including phenoxy) is 1. The van der Waals surface area contributed by atoms with Crippen molar-refractivity contribution >= 4 is 29.0 Å². The maximum absolute atomic E-state index is 12.7. The van der Waals surface area contributed by atoms with Crippen molar-refractivity contribution in [2.75, 3.05) is 48.8 Å². The molecule has 1 fully saturated rings. The predicted octanol–water partition coefficient (Wildman–Crippen LogP) is 4.20. The molecule has 1 aliphatic rings. The summed E-state index contributed by atoms with van der Waals surface area (Å²) in [5.41, 5.74) is 2.86. The van der Waals surface area contributed by atoms with E-state index in [4.69, 9.17) is 4.74 Å². The molecule has 3 aromatic rings. The lowest BCUT2D eigenvalue weighted by Crippen LogP contribution is -2.50. The summed E-state index contributed by atoms with van der Waals surface area (Å²) in [6.07, 6.45) is 0. The number of para-hydroxylation sites is 2. The van der Waals surface area contributed by atoms with Crippen LogP contribution in [0, 0.1) is 13.8 Å². The molecule has 8 heteroatoms. The van der Waals surface area contributed by atoms with Crippen LogP contribution in [0.3, 0.4) is 0 Å². The average Bonchev–Trinajstić information content (AvgIpc) is 2.80. The molecule has 0 radical (unpaired) electrons. The van der Waals surface area contributed by atoms with Crippen molar-refractivity contribution < 1.29 is 9.53 Å². The molecule has 1 saturated heterocycles. The number of urea groups is 1. The maximum Gasteiger partial charge on any atom is 0.322 e. The van der Waals surface area contributed by atoms with Gasteiger partial charge in [0.1, 0.15) is 23.2 Å². The van der Waals surface area contributed by atoms with Crippen LogP contribution in [0.25, 0.3) is 0 Å². The van der Waals surface area contributed by atoms with Gasteiger partial charge >= 0.3 is 6.03 Å². The lowest BCUT2D eigenvalue weighted by atomic mass is 10.2. The summed E-state index contributed by atoms with van der Waals surface area (Å²) in [5.74, 6) is 2.96. The Kier molecular flexibility index (Phi) is 6.39. The van der Waals surface area contributed by atoms with Crippen molar-refractivity contribution in [1.82, 2.24) is 14.9 Å². The Morgan fingerprint density at radius 2 is 1.69 bits per heavy atom. The summed E-state index contributed by atoms with van der Waals surface area (Å²) in [4.78, 5) is 25.8. The first-order valence-corrected chi connectivity index (χ1v) is 10.6. The van der Waals surface area contributed by atoms with Gasteiger partial charge in [-0.05, 0) is 38.1 Å². The van der Waals surface area contributed by atoms with E-state index in [1.807, 2.05) is 54.3 Å². The van der Waals surface area contributed by atoms with E-state index in [0.717, 1.165) is 17.3 Å². The Balaban J connectivity index is 1.39. The highest BCUT2D eigenvalue weighted by atomic mass is 16.5. The molecule has 1 aliphatic heterocycles. The zero-order chi connectivity index (χ0) is 22.5. The molecule has 166 valence electrons. The second-order valence-corrected chi connectivity index (χ2v) is 7.75. The normalized spacial score (nSPS) is 13.6.